The molecule has 0 bridgehead atoms. The molecule has 150 valence electrons. The van der Waals surface area contributed by atoms with Gasteiger partial charge in [0.15, 0.2) is 0 Å². The molecule has 0 radical (unpaired) electrons. The van der Waals surface area contributed by atoms with Gasteiger partial charge in [-0.2, -0.15) is 0 Å². The second-order valence-electron chi connectivity index (χ2n) is 7.41. The zero-order valence-corrected chi connectivity index (χ0v) is 17.4. The number of benzene rings is 1. The summed E-state index contributed by atoms with van der Waals surface area (Å²) in [4.78, 5) is 6.62. The van der Waals surface area contributed by atoms with Crippen molar-refractivity contribution >= 4 is 9.84 Å². The Morgan fingerprint density at radius 2 is 1.93 bits per heavy atom. The van der Waals surface area contributed by atoms with Gasteiger partial charge in [0.1, 0.15) is 0 Å². The number of imidazole rings is 1. The van der Waals surface area contributed by atoms with Gasteiger partial charge in [0.2, 0.25) is 15.0 Å². The molecule has 6 heteroatoms. The highest BCUT2D eigenvalue weighted by Crippen LogP contribution is 2.25. The lowest BCUT2D eigenvalue weighted by Gasteiger charge is -2.33. The van der Waals surface area contributed by atoms with Crippen LogP contribution in [0.5, 0.6) is 0 Å². The highest BCUT2D eigenvalue weighted by Gasteiger charge is 2.25. The number of hydrogen-bond acceptors (Lipinski definition) is 4. The van der Waals surface area contributed by atoms with E-state index in [2.05, 4.69) is 15.8 Å². The predicted molar refractivity (Wildman–Crippen MR) is 112 cm³/mol. The highest BCUT2D eigenvalue weighted by molar-refractivity contribution is 7.91. The summed E-state index contributed by atoms with van der Waals surface area (Å²) in [5.41, 5.74) is 1.95. The minimum Gasteiger partial charge on any atom is -0.313 e. The van der Waals surface area contributed by atoms with E-state index in [-0.39, 0.29) is 10.9 Å². The molecule has 3 rings (SSSR count). The summed E-state index contributed by atoms with van der Waals surface area (Å²) in [5.74, 6) is 2.82. The van der Waals surface area contributed by atoms with Crippen molar-refractivity contribution < 1.29 is 8.42 Å². The maximum absolute atomic E-state index is 12.6. The summed E-state index contributed by atoms with van der Waals surface area (Å²) in [6, 6.07) is 10.4. The van der Waals surface area contributed by atoms with Gasteiger partial charge >= 0.3 is 0 Å². The zero-order valence-electron chi connectivity index (χ0n) is 16.5. The van der Waals surface area contributed by atoms with E-state index in [1.165, 1.54) is 19.3 Å². The molecule has 0 spiro atoms. The Morgan fingerprint density at radius 1 is 1.21 bits per heavy atom. The summed E-state index contributed by atoms with van der Waals surface area (Å²) in [6.45, 7) is 3.33. The van der Waals surface area contributed by atoms with Crippen molar-refractivity contribution in [1.29, 1.82) is 0 Å². The Balaban J connectivity index is 1.93. The van der Waals surface area contributed by atoms with Gasteiger partial charge in [-0.15, -0.1) is 6.42 Å². The van der Waals surface area contributed by atoms with Crippen LogP contribution < -0.4 is 0 Å². The monoisotopic (exact) mass is 399 g/mol. The first-order valence-corrected chi connectivity index (χ1v) is 11.7. The van der Waals surface area contributed by atoms with Gasteiger partial charge in [-0.25, -0.2) is 13.4 Å². The van der Waals surface area contributed by atoms with E-state index in [0.29, 0.717) is 25.7 Å². The largest absolute Gasteiger partial charge is 0.313 e. The third-order valence-electron chi connectivity index (χ3n) is 5.49. The fourth-order valence-corrected chi connectivity index (χ4v) is 4.91. The maximum Gasteiger partial charge on any atom is 0.228 e. The smallest absolute Gasteiger partial charge is 0.228 e. The number of sulfone groups is 1. The number of hydrogen-bond donors (Lipinski definition) is 0. The number of nitrogens with zero attached hydrogens (tertiary/aromatic N) is 3. The Morgan fingerprint density at radius 3 is 2.57 bits per heavy atom. The van der Waals surface area contributed by atoms with Gasteiger partial charge in [-0.3, -0.25) is 4.90 Å². The lowest BCUT2D eigenvalue weighted by atomic mass is 9.94. The SMILES string of the molecule is C#CCN(Cc1cnc(S(=O)(=O)CC)n1Cc1ccccc1)C1CCCCC1. The zero-order chi connectivity index (χ0) is 20.0. The van der Waals surface area contributed by atoms with Gasteiger partial charge in [-0.1, -0.05) is 62.4 Å². The summed E-state index contributed by atoms with van der Waals surface area (Å²) in [7, 11) is -3.41. The second kappa shape index (κ2) is 9.40. The molecule has 1 aromatic carbocycles. The second-order valence-corrected chi connectivity index (χ2v) is 9.58. The summed E-state index contributed by atoms with van der Waals surface area (Å²) in [5, 5.41) is 0.151. The molecule has 0 atom stereocenters. The molecule has 1 saturated carbocycles. The van der Waals surface area contributed by atoms with Crippen molar-refractivity contribution in [2.75, 3.05) is 12.3 Å². The molecular weight excluding hydrogens is 370 g/mol. The molecule has 0 aliphatic heterocycles. The van der Waals surface area contributed by atoms with Gasteiger partial charge in [0.25, 0.3) is 0 Å². The molecule has 0 amide bonds. The van der Waals surface area contributed by atoms with Crippen LogP contribution in [0, 0.1) is 12.3 Å². The van der Waals surface area contributed by atoms with Crippen LogP contribution in [-0.4, -0.2) is 41.2 Å². The molecule has 0 unspecified atom stereocenters. The third-order valence-corrected chi connectivity index (χ3v) is 7.14. The van der Waals surface area contributed by atoms with E-state index >= 15 is 0 Å². The number of aromatic nitrogens is 2. The molecule has 1 aromatic heterocycles. The van der Waals surface area contributed by atoms with E-state index in [0.717, 1.165) is 24.1 Å². The quantitative estimate of drug-likeness (QED) is 0.638. The average Bonchev–Trinajstić information content (AvgIpc) is 3.12. The number of rotatable bonds is 8. The molecular formula is C22H29N3O2S. The van der Waals surface area contributed by atoms with Gasteiger partial charge < -0.3 is 4.57 Å². The molecule has 0 saturated heterocycles. The first kappa shape index (κ1) is 20.6. The molecule has 2 aromatic rings. The van der Waals surface area contributed by atoms with Crippen LogP contribution in [0.2, 0.25) is 0 Å². The number of terminal acetylenes is 1. The van der Waals surface area contributed by atoms with Crippen molar-refractivity contribution in [3.8, 4) is 12.3 Å². The van der Waals surface area contributed by atoms with Crippen molar-refractivity contribution in [3.63, 3.8) is 0 Å². The van der Waals surface area contributed by atoms with E-state index in [9.17, 15) is 8.42 Å². The van der Waals surface area contributed by atoms with Crippen LogP contribution in [-0.2, 0) is 22.9 Å². The van der Waals surface area contributed by atoms with E-state index in [1.807, 2.05) is 34.9 Å². The lowest BCUT2D eigenvalue weighted by Crippen LogP contribution is -2.37. The van der Waals surface area contributed by atoms with E-state index in [1.54, 1.807) is 13.1 Å². The van der Waals surface area contributed by atoms with Crippen LogP contribution in [0.15, 0.2) is 41.7 Å². The molecule has 1 aliphatic carbocycles. The minimum absolute atomic E-state index is 0.0366. The van der Waals surface area contributed by atoms with E-state index in [4.69, 9.17) is 6.42 Å². The van der Waals surface area contributed by atoms with Crippen LogP contribution in [0.1, 0.15) is 50.3 Å². The molecule has 1 aliphatic rings. The maximum atomic E-state index is 12.6. The first-order chi connectivity index (χ1) is 13.5. The molecule has 0 N–H and O–H groups in total. The predicted octanol–water partition coefficient (Wildman–Crippen LogP) is 3.49. The fourth-order valence-electron chi connectivity index (χ4n) is 3.92. The van der Waals surface area contributed by atoms with Crippen molar-refractivity contribution in [1.82, 2.24) is 14.5 Å². The Labute approximate surface area is 168 Å². The third kappa shape index (κ3) is 4.84. The molecule has 28 heavy (non-hydrogen) atoms. The van der Waals surface area contributed by atoms with Crippen LogP contribution in [0.25, 0.3) is 0 Å². The van der Waals surface area contributed by atoms with Crippen molar-refractivity contribution in [2.45, 2.75) is 63.3 Å². The van der Waals surface area contributed by atoms with Crippen LogP contribution in [0.3, 0.4) is 0 Å². The van der Waals surface area contributed by atoms with E-state index < -0.39 is 9.84 Å². The van der Waals surface area contributed by atoms with Crippen molar-refractivity contribution in [2.24, 2.45) is 0 Å². The minimum atomic E-state index is -3.41. The van der Waals surface area contributed by atoms with Gasteiger partial charge in [0, 0.05) is 12.6 Å². The Kier molecular flexibility index (Phi) is 6.93. The Bertz CT molecular complexity index is 907. The van der Waals surface area contributed by atoms with Crippen molar-refractivity contribution in [3.05, 3.63) is 47.8 Å². The Hall–Kier alpha value is -2.10. The van der Waals surface area contributed by atoms with Crippen LogP contribution in [0.4, 0.5) is 0 Å². The first-order valence-electron chi connectivity index (χ1n) is 10.0. The summed E-state index contributed by atoms with van der Waals surface area (Å²) >= 11 is 0. The van der Waals surface area contributed by atoms with Crippen LogP contribution >= 0.6 is 0 Å². The molecule has 5 nitrogen and oxygen atoms in total. The highest BCUT2D eigenvalue weighted by atomic mass is 32.2. The summed E-state index contributed by atoms with van der Waals surface area (Å²) < 4.78 is 27.1. The molecule has 1 heterocycles. The normalized spacial score (nSPS) is 15.6. The van der Waals surface area contributed by atoms with Gasteiger partial charge in [-0.05, 0) is 18.4 Å². The lowest BCUT2D eigenvalue weighted by molar-refractivity contribution is 0.163. The standard InChI is InChI=1S/C22H29N3O2S/c1-3-15-24(20-13-9-6-10-14-20)18-21-16-23-22(28(26,27)4-2)25(21)17-19-11-7-5-8-12-19/h1,5,7-8,11-12,16,20H,4,6,9-10,13-15,17-18H2,2H3. The fraction of sp³-hybridized carbons (Fsp3) is 0.500. The topological polar surface area (TPSA) is 55.2 Å². The average molecular weight is 400 g/mol. The van der Waals surface area contributed by atoms with Gasteiger partial charge in [0.05, 0.1) is 30.7 Å². The molecule has 1 fully saturated rings. The summed E-state index contributed by atoms with van der Waals surface area (Å²) in [6.07, 6.45) is 13.4.